The molecule has 0 aliphatic rings. The Balaban J connectivity index is 0. The zero-order chi connectivity index (χ0) is 7.40. The van der Waals surface area contributed by atoms with Crippen LogP contribution in [0.25, 0.3) is 0 Å². The molecule has 0 heterocycles. The van der Waals surface area contributed by atoms with Gasteiger partial charge in [0, 0.05) is 6.61 Å². The fourth-order valence-corrected chi connectivity index (χ4v) is 0.792. The van der Waals surface area contributed by atoms with Crippen molar-refractivity contribution < 1.29 is 41.2 Å². The summed E-state index contributed by atoms with van der Waals surface area (Å²) in [6.07, 6.45) is 0.653. The smallest absolute Gasteiger partial charge is 1.00 e. The van der Waals surface area contributed by atoms with Crippen molar-refractivity contribution in [2.24, 2.45) is 0 Å². The third kappa shape index (κ3) is 3.77. The van der Waals surface area contributed by atoms with Crippen LogP contribution in [0.2, 0.25) is 0 Å². The number of hydrogen-bond acceptors (Lipinski definition) is 2. The monoisotopic (exact) mass is 162 g/mol. The minimum absolute atomic E-state index is 0. The first-order valence-electron chi connectivity index (χ1n) is 3.21. The van der Waals surface area contributed by atoms with Gasteiger partial charge in [0.15, 0.2) is 0 Å². The third-order valence-electron chi connectivity index (χ3n) is 1.34. The molecule has 2 nitrogen and oxygen atoms in total. The number of aliphatic hydroxyl groups is 1. The Hall–Kier alpha value is -0.0200. The second-order valence-electron chi connectivity index (χ2n) is 2.14. The van der Waals surface area contributed by atoms with E-state index in [0.717, 1.165) is 5.56 Å². The molecule has 0 fully saturated rings. The molecule has 1 rings (SSSR count). The van der Waals surface area contributed by atoms with E-state index in [0.29, 0.717) is 6.42 Å². The van der Waals surface area contributed by atoms with Crippen LogP contribution in [-0.4, -0.2) is 16.8 Å². The van der Waals surface area contributed by atoms with Crippen LogP contribution in [0.5, 0.6) is 5.75 Å². The Labute approximate surface area is 89.6 Å². The molecule has 0 aliphatic heterocycles. The summed E-state index contributed by atoms with van der Waals surface area (Å²) in [6, 6.07) is 6.83. The van der Waals surface area contributed by atoms with Gasteiger partial charge in [-0.15, -0.1) is 0 Å². The van der Waals surface area contributed by atoms with Gasteiger partial charge in [-0.25, -0.2) is 0 Å². The van der Waals surface area contributed by atoms with E-state index in [1.54, 1.807) is 24.3 Å². The maximum absolute atomic E-state index is 8.86. The van der Waals surface area contributed by atoms with E-state index in [4.69, 9.17) is 10.2 Å². The molecule has 0 radical (unpaired) electrons. The van der Waals surface area contributed by atoms with Crippen LogP contribution in [-0.2, 0) is 6.42 Å². The average Bonchev–Trinajstić information content (AvgIpc) is 1.95. The fraction of sp³-hybridized carbons (Fsp3) is 0.250. The predicted octanol–water partition coefficient (Wildman–Crippen LogP) is -1.96. The SMILES string of the molecule is OCCc1ccc(O)cc1.[H-].[Na+]. The summed E-state index contributed by atoms with van der Waals surface area (Å²) in [4.78, 5) is 0. The molecule has 1 aromatic carbocycles. The maximum atomic E-state index is 8.86. The molecule has 0 unspecified atom stereocenters. The molecule has 0 amide bonds. The van der Waals surface area contributed by atoms with Crippen LogP contribution in [0.1, 0.15) is 6.99 Å². The molecule has 3 heteroatoms. The molecule has 0 atom stereocenters. The van der Waals surface area contributed by atoms with E-state index < -0.39 is 0 Å². The van der Waals surface area contributed by atoms with Crippen LogP contribution in [0.4, 0.5) is 0 Å². The van der Waals surface area contributed by atoms with Crippen LogP contribution < -0.4 is 29.6 Å². The second-order valence-corrected chi connectivity index (χ2v) is 2.14. The average molecular weight is 162 g/mol. The topological polar surface area (TPSA) is 40.5 Å². The number of benzene rings is 1. The van der Waals surface area contributed by atoms with Crippen molar-refractivity contribution in [3.8, 4) is 5.75 Å². The maximum Gasteiger partial charge on any atom is 1.00 e. The van der Waals surface area contributed by atoms with E-state index >= 15 is 0 Å². The van der Waals surface area contributed by atoms with Gasteiger partial charge in [0.05, 0.1) is 0 Å². The Morgan fingerprint density at radius 2 is 1.73 bits per heavy atom. The van der Waals surface area contributed by atoms with Gasteiger partial charge in [0.1, 0.15) is 5.75 Å². The first kappa shape index (κ1) is 11.0. The standard InChI is InChI=1S/C8H10O2.Na.H/c9-6-5-7-1-3-8(10)4-2-7;;/h1-4,9-10H,5-6H2;;/q;+1;-1. The van der Waals surface area contributed by atoms with Gasteiger partial charge in [0.2, 0.25) is 0 Å². The van der Waals surface area contributed by atoms with E-state index in [2.05, 4.69) is 0 Å². The van der Waals surface area contributed by atoms with Crippen LogP contribution >= 0.6 is 0 Å². The van der Waals surface area contributed by atoms with Crippen molar-refractivity contribution in [3.05, 3.63) is 29.8 Å². The van der Waals surface area contributed by atoms with Crippen molar-refractivity contribution in [3.63, 3.8) is 0 Å². The molecular weight excluding hydrogens is 151 g/mol. The number of rotatable bonds is 2. The predicted molar refractivity (Wildman–Crippen MR) is 40.0 cm³/mol. The van der Waals surface area contributed by atoms with Crippen molar-refractivity contribution in [2.45, 2.75) is 6.42 Å². The van der Waals surface area contributed by atoms with Crippen molar-refractivity contribution in [2.75, 3.05) is 6.61 Å². The normalized spacial score (nSPS) is 8.82. The van der Waals surface area contributed by atoms with Gasteiger partial charge >= 0.3 is 29.6 Å². The summed E-state index contributed by atoms with van der Waals surface area (Å²) in [5, 5.41) is 17.4. The van der Waals surface area contributed by atoms with Gasteiger partial charge in [0.25, 0.3) is 0 Å². The molecule has 0 saturated carbocycles. The third-order valence-corrected chi connectivity index (χ3v) is 1.34. The zero-order valence-electron chi connectivity index (χ0n) is 7.62. The fourth-order valence-electron chi connectivity index (χ4n) is 0.792. The molecule has 11 heavy (non-hydrogen) atoms. The van der Waals surface area contributed by atoms with Crippen LogP contribution in [0, 0.1) is 0 Å². The quantitative estimate of drug-likeness (QED) is 0.496. The van der Waals surface area contributed by atoms with E-state index in [1.807, 2.05) is 0 Å². The Morgan fingerprint density at radius 3 is 2.18 bits per heavy atom. The molecule has 0 spiro atoms. The van der Waals surface area contributed by atoms with Crippen LogP contribution in [0.3, 0.4) is 0 Å². The number of aromatic hydroxyl groups is 1. The minimum atomic E-state index is 0. The van der Waals surface area contributed by atoms with Crippen LogP contribution in [0.15, 0.2) is 24.3 Å². The Kier molecular flexibility index (Phi) is 5.60. The summed E-state index contributed by atoms with van der Waals surface area (Å²) in [5.74, 6) is 0.265. The van der Waals surface area contributed by atoms with E-state index in [9.17, 15) is 0 Å². The summed E-state index contributed by atoms with van der Waals surface area (Å²) in [5.41, 5.74) is 1.04. The van der Waals surface area contributed by atoms with E-state index in [1.165, 1.54) is 0 Å². The van der Waals surface area contributed by atoms with Gasteiger partial charge in [-0.2, -0.15) is 0 Å². The summed E-state index contributed by atoms with van der Waals surface area (Å²) >= 11 is 0. The summed E-state index contributed by atoms with van der Waals surface area (Å²) in [6.45, 7) is 0.158. The van der Waals surface area contributed by atoms with Crippen molar-refractivity contribution in [1.29, 1.82) is 0 Å². The molecule has 0 aliphatic carbocycles. The molecule has 2 N–H and O–H groups in total. The van der Waals surface area contributed by atoms with Crippen molar-refractivity contribution in [1.82, 2.24) is 0 Å². The first-order valence-corrected chi connectivity index (χ1v) is 3.21. The summed E-state index contributed by atoms with van der Waals surface area (Å²) < 4.78 is 0. The van der Waals surface area contributed by atoms with Crippen molar-refractivity contribution >= 4 is 0 Å². The minimum Gasteiger partial charge on any atom is -1.00 e. The van der Waals surface area contributed by atoms with Gasteiger partial charge in [-0.05, 0) is 24.1 Å². The molecular formula is C8H11NaO2. The Morgan fingerprint density at radius 1 is 1.18 bits per heavy atom. The Bertz CT molecular complexity index is 201. The van der Waals surface area contributed by atoms with Gasteiger partial charge in [-0.3, -0.25) is 0 Å². The number of hydrogen-bond donors (Lipinski definition) is 2. The molecule has 56 valence electrons. The molecule has 1 aromatic rings. The molecule has 0 aromatic heterocycles. The number of phenolic OH excluding ortho intramolecular Hbond substituents is 1. The molecule has 0 bridgehead atoms. The first-order chi connectivity index (χ1) is 4.83. The second kappa shape index (κ2) is 5.61. The largest absolute Gasteiger partial charge is 1.00 e. The number of aliphatic hydroxyl groups excluding tert-OH is 1. The zero-order valence-corrected chi connectivity index (χ0v) is 8.62. The van der Waals surface area contributed by atoms with Gasteiger partial charge < -0.3 is 11.6 Å². The number of phenols is 1. The van der Waals surface area contributed by atoms with Gasteiger partial charge in [-0.1, -0.05) is 12.1 Å². The molecule has 0 saturated heterocycles. The van der Waals surface area contributed by atoms with E-state index in [-0.39, 0.29) is 43.3 Å². The summed E-state index contributed by atoms with van der Waals surface area (Å²) in [7, 11) is 0.